The Bertz CT molecular complexity index is 418. The van der Waals surface area contributed by atoms with E-state index in [1.165, 1.54) is 6.92 Å². The first-order valence-corrected chi connectivity index (χ1v) is 5.70. The summed E-state index contributed by atoms with van der Waals surface area (Å²) in [6.45, 7) is 0.585. The second-order valence-corrected chi connectivity index (χ2v) is 4.09. The van der Waals surface area contributed by atoms with Crippen molar-refractivity contribution in [2.24, 2.45) is 7.05 Å². The van der Waals surface area contributed by atoms with Crippen molar-refractivity contribution >= 4 is 5.91 Å². The monoisotopic (exact) mass is 279 g/mol. The van der Waals surface area contributed by atoms with Crippen LogP contribution in [0.4, 0.5) is 13.2 Å². The van der Waals surface area contributed by atoms with Crippen molar-refractivity contribution < 1.29 is 18.0 Å². The molecule has 0 saturated carbocycles. The Kier molecular flexibility index (Phi) is 5.28. The molecule has 1 aromatic heterocycles. The van der Waals surface area contributed by atoms with Crippen LogP contribution in [0, 0.1) is 0 Å². The normalized spacial score (nSPS) is 13.3. The van der Waals surface area contributed by atoms with E-state index in [1.807, 2.05) is 5.32 Å². The number of carbonyl (C=O) groups excluding carboxylic acids is 1. The highest BCUT2D eigenvalue weighted by molar-refractivity contribution is 5.81. The lowest BCUT2D eigenvalue weighted by Gasteiger charge is -2.14. The van der Waals surface area contributed by atoms with Crippen molar-refractivity contribution in [1.82, 2.24) is 25.4 Å². The van der Waals surface area contributed by atoms with E-state index in [-0.39, 0.29) is 0 Å². The lowest BCUT2D eigenvalue weighted by Crippen LogP contribution is -2.45. The summed E-state index contributed by atoms with van der Waals surface area (Å²) >= 11 is 0. The molecule has 0 fully saturated rings. The largest absolute Gasteiger partial charge is 0.405 e. The van der Waals surface area contributed by atoms with Crippen LogP contribution in [-0.2, 0) is 18.3 Å². The fourth-order valence-electron chi connectivity index (χ4n) is 1.33. The first-order valence-electron chi connectivity index (χ1n) is 5.70. The standard InChI is InChI=1S/C10H16F3N5O/c1-7(9(19)15-5-10(11,12)13)14-4-3-8-16-6-18(2)17-8/h6-7,14H,3-5H2,1-2H3,(H,15,19). The Labute approximate surface area is 108 Å². The highest BCUT2D eigenvalue weighted by atomic mass is 19.4. The van der Waals surface area contributed by atoms with Gasteiger partial charge in [0.1, 0.15) is 12.9 Å². The fourth-order valence-corrected chi connectivity index (χ4v) is 1.33. The average molecular weight is 279 g/mol. The number of aromatic nitrogens is 3. The number of carbonyl (C=O) groups is 1. The second-order valence-electron chi connectivity index (χ2n) is 4.09. The first-order chi connectivity index (χ1) is 8.78. The molecule has 0 aliphatic carbocycles. The summed E-state index contributed by atoms with van der Waals surface area (Å²) in [6, 6.07) is -0.703. The molecule has 1 unspecified atom stereocenters. The van der Waals surface area contributed by atoms with E-state index in [4.69, 9.17) is 0 Å². The highest BCUT2D eigenvalue weighted by Crippen LogP contribution is 2.12. The molecular weight excluding hydrogens is 263 g/mol. The summed E-state index contributed by atoms with van der Waals surface area (Å²) in [5.41, 5.74) is 0. The fraction of sp³-hybridized carbons (Fsp3) is 0.700. The topological polar surface area (TPSA) is 71.8 Å². The number of hydrogen-bond acceptors (Lipinski definition) is 4. The summed E-state index contributed by atoms with van der Waals surface area (Å²) in [4.78, 5) is 15.3. The smallest absolute Gasteiger partial charge is 0.346 e. The Morgan fingerprint density at radius 1 is 1.53 bits per heavy atom. The number of alkyl halides is 3. The number of amides is 1. The van der Waals surface area contributed by atoms with Crippen LogP contribution in [0.2, 0.25) is 0 Å². The van der Waals surface area contributed by atoms with Crippen LogP contribution in [0.15, 0.2) is 6.33 Å². The van der Waals surface area contributed by atoms with Gasteiger partial charge in [-0.2, -0.15) is 18.3 Å². The van der Waals surface area contributed by atoms with Crippen LogP contribution in [0.1, 0.15) is 12.7 Å². The third kappa shape index (κ3) is 6.18. The minimum atomic E-state index is -4.40. The SMILES string of the molecule is CC(NCCc1ncn(C)n1)C(=O)NCC(F)(F)F. The third-order valence-corrected chi connectivity index (χ3v) is 2.30. The molecule has 0 radical (unpaired) electrons. The van der Waals surface area contributed by atoms with Gasteiger partial charge >= 0.3 is 6.18 Å². The van der Waals surface area contributed by atoms with Gasteiger partial charge in [-0.3, -0.25) is 9.48 Å². The molecule has 0 aromatic carbocycles. The summed E-state index contributed by atoms with van der Waals surface area (Å²) in [7, 11) is 1.73. The Hall–Kier alpha value is -1.64. The van der Waals surface area contributed by atoms with Gasteiger partial charge in [0.2, 0.25) is 5.91 Å². The van der Waals surface area contributed by atoms with Crippen molar-refractivity contribution in [3.05, 3.63) is 12.2 Å². The Morgan fingerprint density at radius 3 is 2.74 bits per heavy atom. The van der Waals surface area contributed by atoms with Crippen LogP contribution < -0.4 is 10.6 Å². The van der Waals surface area contributed by atoms with E-state index < -0.39 is 24.7 Å². The summed E-state index contributed by atoms with van der Waals surface area (Å²) in [5, 5.41) is 8.66. The predicted molar refractivity (Wildman–Crippen MR) is 61.2 cm³/mol. The number of nitrogens with zero attached hydrogens (tertiary/aromatic N) is 3. The molecule has 1 amide bonds. The van der Waals surface area contributed by atoms with Crippen LogP contribution in [0.25, 0.3) is 0 Å². The van der Waals surface area contributed by atoms with Gasteiger partial charge in [-0.1, -0.05) is 0 Å². The minimum Gasteiger partial charge on any atom is -0.346 e. The minimum absolute atomic E-state index is 0.407. The van der Waals surface area contributed by atoms with Crippen LogP contribution in [0.3, 0.4) is 0 Å². The molecule has 1 aromatic rings. The van der Waals surface area contributed by atoms with Gasteiger partial charge in [0.15, 0.2) is 5.82 Å². The molecule has 0 bridgehead atoms. The van der Waals surface area contributed by atoms with Crippen molar-refractivity contribution in [3.8, 4) is 0 Å². The number of aryl methyl sites for hydroxylation is 1. The molecule has 0 aliphatic rings. The van der Waals surface area contributed by atoms with Gasteiger partial charge in [-0.15, -0.1) is 0 Å². The second kappa shape index (κ2) is 6.50. The molecule has 2 N–H and O–H groups in total. The number of hydrogen-bond donors (Lipinski definition) is 2. The maximum atomic E-state index is 11.9. The van der Waals surface area contributed by atoms with Crippen molar-refractivity contribution in [3.63, 3.8) is 0 Å². The van der Waals surface area contributed by atoms with Crippen LogP contribution in [0.5, 0.6) is 0 Å². The van der Waals surface area contributed by atoms with Crippen molar-refractivity contribution in [2.45, 2.75) is 25.6 Å². The van der Waals surface area contributed by atoms with E-state index in [2.05, 4.69) is 15.4 Å². The molecule has 0 aliphatic heterocycles. The summed E-state index contributed by atoms with van der Waals surface area (Å²) in [6.07, 6.45) is -2.35. The molecule has 19 heavy (non-hydrogen) atoms. The van der Waals surface area contributed by atoms with E-state index in [0.717, 1.165) is 0 Å². The Balaban J connectivity index is 2.23. The van der Waals surface area contributed by atoms with Gasteiger partial charge in [0.05, 0.1) is 6.04 Å². The number of rotatable bonds is 6. The van der Waals surface area contributed by atoms with E-state index in [9.17, 15) is 18.0 Å². The number of nitrogens with one attached hydrogen (secondary N) is 2. The maximum absolute atomic E-state index is 11.9. The van der Waals surface area contributed by atoms with E-state index in [0.29, 0.717) is 18.8 Å². The Morgan fingerprint density at radius 2 is 2.21 bits per heavy atom. The van der Waals surface area contributed by atoms with E-state index in [1.54, 1.807) is 18.1 Å². The van der Waals surface area contributed by atoms with Gasteiger partial charge in [-0.05, 0) is 6.92 Å². The lowest BCUT2D eigenvalue weighted by atomic mass is 10.3. The zero-order valence-electron chi connectivity index (χ0n) is 10.7. The predicted octanol–water partition coefficient (Wildman–Crippen LogP) is 0.0142. The van der Waals surface area contributed by atoms with Crippen molar-refractivity contribution in [2.75, 3.05) is 13.1 Å². The average Bonchev–Trinajstić information content (AvgIpc) is 2.71. The highest BCUT2D eigenvalue weighted by Gasteiger charge is 2.28. The van der Waals surface area contributed by atoms with Crippen LogP contribution >= 0.6 is 0 Å². The molecule has 108 valence electrons. The van der Waals surface area contributed by atoms with Gasteiger partial charge in [0.25, 0.3) is 0 Å². The number of halogens is 3. The summed E-state index contributed by atoms with van der Waals surface area (Å²) in [5.74, 6) is -0.0794. The molecule has 0 saturated heterocycles. The first kappa shape index (κ1) is 15.4. The van der Waals surface area contributed by atoms with Gasteiger partial charge in [0, 0.05) is 20.0 Å². The zero-order valence-corrected chi connectivity index (χ0v) is 10.7. The van der Waals surface area contributed by atoms with E-state index >= 15 is 0 Å². The molecule has 1 rings (SSSR count). The molecule has 1 atom stereocenters. The van der Waals surface area contributed by atoms with Gasteiger partial charge < -0.3 is 10.6 Å². The van der Waals surface area contributed by atoms with Crippen LogP contribution in [-0.4, -0.2) is 46.0 Å². The maximum Gasteiger partial charge on any atom is 0.405 e. The van der Waals surface area contributed by atoms with Gasteiger partial charge in [-0.25, -0.2) is 4.98 Å². The molecule has 6 nitrogen and oxygen atoms in total. The summed E-state index contributed by atoms with van der Waals surface area (Å²) < 4.78 is 37.3. The molecule has 0 spiro atoms. The lowest BCUT2D eigenvalue weighted by molar-refractivity contribution is -0.139. The molecule has 1 heterocycles. The zero-order chi connectivity index (χ0) is 14.5. The molecular formula is C10H16F3N5O. The van der Waals surface area contributed by atoms with Crippen molar-refractivity contribution in [1.29, 1.82) is 0 Å². The third-order valence-electron chi connectivity index (χ3n) is 2.30. The quantitative estimate of drug-likeness (QED) is 0.770. The molecule has 9 heteroatoms.